The number of hydrazone groups is 1. The number of hydrogen-bond donors (Lipinski definition) is 1. The third kappa shape index (κ3) is 4.47. The van der Waals surface area contributed by atoms with Gasteiger partial charge in [-0.1, -0.05) is 23.2 Å². The van der Waals surface area contributed by atoms with Crippen LogP contribution in [0.15, 0.2) is 46.5 Å². The number of aliphatic imine (C=N–C) groups is 1. The van der Waals surface area contributed by atoms with Crippen LogP contribution < -0.4 is 15.1 Å². The smallest absolute Gasteiger partial charge is 0.140 e. The fourth-order valence-corrected chi connectivity index (χ4v) is 4.75. The summed E-state index contributed by atoms with van der Waals surface area (Å²) in [6.45, 7) is 7.34. The van der Waals surface area contributed by atoms with Crippen LogP contribution in [-0.2, 0) is 6.42 Å². The van der Waals surface area contributed by atoms with Crippen molar-refractivity contribution in [2.24, 2.45) is 10.1 Å². The second-order valence-corrected chi connectivity index (χ2v) is 8.33. The molecule has 1 saturated heterocycles. The number of benzene rings is 2. The first-order chi connectivity index (χ1) is 14.6. The Balaban J connectivity index is 1.60. The summed E-state index contributed by atoms with van der Waals surface area (Å²) in [6.07, 6.45) is 2.15. The number of halogens is 2. The largest absolute Gasteiger partial charge is 0.484 e. The SMILES string of the molecule is C=N/C=N\N(C)c1ccc(O[C@H]2c3cc(Cl)cc(Cl)c3C[C@@H]2N2CCNCC2)cc1. The maximum atomic E-state index is 6.54. The second kappa shape index (κ2) is 9.35. The van der Waals surface area contributed by atoms with E-state index in [4.69, 9.17) is 27.9 Å². The minimum Gasteiger partial charge on any atom is -0.484 e. The predicted octanol–water partition coefficient (Wildman–Crippen LogP) is 4.02. The Morgan fingerprint density at radius 1 is 1.20 bits per heavy atom. The maximum absolute atomic E-state index is 6.54. The Morgan fingerprint density at radius 2 is 1.93 bits per heavy atom. The van der Waals surface area contributed by atoms with Crippen LogP contribution in [-0.4, -0.2) is 57.2 Å². The van der Waals surface area contributed by atoms with Gasteiger partial charge in [0.2, 0.25) is 0 Å². The van der Waals surface area contributed by atoms with Gasteiger partial charge in [0.05, 0.1) is 11.7 Å². The number of nitrogens with zero attached hydrogens (tertiary/aromatic N) is 4. The highest BCUT2D eigenvalue weighted by Crippen LogP contribution is 2.42. The molecule has 1 fully saturated rings. The van der Waals surface area contributed by atoms with Gasteiger partial charge in [0, 0.05) is 48.8 Å². The number of anilines is 1. The van der Waals surface area contributed by atoms with Gasteiger partial charge in [-0.25, -0.2) is 0 Å². The standard InChI is InChI=1S/C22H25Cl2N5O/c1-25-14-27-28(2)16-3-5-17(6-4-16)30-22-19-11-15(23)12-20(24)18(19)13-21(22)29-9-7-26-8-10-29/h3-6,11-12,14,21-22,26H,1,7-10,13H2,2H3/b27-14-/t21-,22-/m0/s1. The van der Waals surface area contributed by atoms with Crippen LogP contribution in [0.4, 0.5) is 5.69 Å². The summed E-state index contributed by atoms with van der Waals surface area (Å²) in [5.41, 5.74) is 3.15. The van der Waals surface area contributed by atoms with Crippen molar-refractivity contribution >= 4 is 41.9 Å². The quantitative estimate of drug-likeness (QED) is 0.414. The van der Waals surface area contributed by atoms with Gasteiger partial charge in [0.15, 0.2) is 0 Å². The number of hydrogen-bond acceptors (Lipinski definition) is 5. The highest BCUT2D eigenvalue weighted by atomic mass is 35.5. The number of rotatable bonds is 6. The molecule has 0 radical (unpaired) electrons. The molecule has 4 rings (SSSR count). The van der Waals surface area contributed by atoms with Crippen molar-refractivity contribution in [3.63, 3.8) is 0 Å². The van der Waals surface area contributed by atoms with Gasteiger partial charge in [-0.05, 0) is 55.1 Å². The first kappa shape index (κ1) is 21.1. The molecule has 1 aliphatic heterocycles. The zero-order valence-corrected chi connectivity index (χ0v) is 18.4. The third-order valence-electron chi connectivity index (χ3n) is 5.66. The van der Waals surface area contributed by atoms with Crippen molar-refractivity contribution in [2.75, 3.05) is 38.2 Å². The monoisotopic (exact) mass is 445 g/mol. The molecule has 0 saturated carbocycles. The topological polar surface area (TPSA) is 52.5 Å². The normalized spacial score (nSPS) is 21.6. The van der Waals surface area contributed by atoms with Gasteiger partial charge in [0.1, 0.15) is 18.2 Å². The van der Waals surface area contributed by atoms with Crippen LogP contribution >= 0.6 is 23.2 Å². The van der Waals surface area contributed by atoms with Crippen molar-refractivity contribution in [1.29, 1.82) is 0 Å². The minimum absolute atomic E-state index is 0.124. The molecule has 2 atom stereocenters. The van der Waals surface area contributed by atoms with E-state index in [2.05, 4.69) is 27.0 Å². The van der Waals surface area contributed by atoms with Crippen LogP contribution in [0.5, 0.6) is 5.75 Å². The first-order valence-corrected chi connectivity index (χ1v) is 10.7. The van der Waals surface area contributed by atoms with E-state index >= 15 is 0 Å². The van der Waals surface area contributed by atoms with E-state index in [0.29, 0.717) is 5.02 Å². The number of ether oxygens (including phenoxy) is 1. The van der Waals surface area contributed by atoms with E-state index in [0.717, 1.165) is 60.2 Å². The van der Waals surface area contributed by atoms with Crippen molar-refractivity contribution in [3.05, 3.63) is 57.6 Å². The predicted molar refractivity (Wildman–Crippen MR) is 125 cm³/mol. The lowest BCUT2D eigenvalue weighted by molar-refractivity contribution is 0.0694. The summed E-state index contributed by atoms with van der Waals surface area (Å²) >= 11 is 12.9. The molecule has 0 aromatic heterocycles. The van der Waals surface area contributed by atoms with Crippen LogP contribution in [0.25, 0.3) is 0 Å². The zero-order valence-electron chi connectivity index (χ0n) is 16.9. The van der Waals surface area contributed by atoms with Gasteiger partial charge >= 0.3 is 0 Å². The molecule has 1 heterocycles. The minimum atomic E-state index is -0.124. The van der Waals surface area contributed by atoms with Crippen LogP contribution in [0, 0.1) is 0 Å². The maximum Gasteiger partial charge on any atom is 0.140 e. The Bertz CT molecular complexity index is 928. The van der Waals surface area contributed by atoms with Crippen LogP contribution in [0.3, 0.4) is 0 Å². The van der Waals surface area contributed by atoms with Crippen LogP contribution in [0.2, 0.25) is 10.0 Å². The summed E-state index contributed by atoms with van der Waals surface area (Å²) in [6, 6.07) is 11.9. The lowest BCUT2D eigenvalue weighted by Gasteiger charge is -2.36. The summed E-state index contributed by atoms with van der Waals surface area (Å²) in [7, 11) is 1.86. The Kier molecular flexibility index (Phi) is 6.58. The summed E-state index contributed by atoms with van der Waals surface area (Å²) in [4.78, 5) is 6.13. The van der Waals surface area contributed by atoms with E-state index in [-0.39, 0.29) is 12.1 Å². The van der Waals surface area contributed by atoms with Crippen LogP contribution in [0.1, 0.15) is 17.2 Å². The third-order valence-corrected chi connectivity index (χ3v) is 6.22. The second-order valence-electron chi connectivity index (χ2n) is 7.48. The summed E-state index contributed by atoms with van der Waals surface area (Å²) in [5.74, 6) is 0.798. The van der Waals surface area contributed by atoms with E-state index in [1.807, 2.05) is 43.4 Å². The Labute approximate surface area is 187 Å². The molecule has 2 aliphatic rings. The van der Waals surface area contributed by atoms with Crippen molar-refractivity contribution in [1.82, 2.24) is 10.2 Å². The molecule has 30 heavy (non-hydrogen) atoms. The first-order valence-electron chi connectivity index (χ1n) is 9.98. The number of fused-ring (bicyclic) bond motifs is 1. The molecule has 1 aliphatic carbocycles. The molecule has 0 amide bonds. The molecule has 0 spiro atoms. The molecule has 2 aromatic rings. The highest BCUT2D eigenvalue weighted by Gasteiger charge is 2.39. The molecule has 1 N–H and O–H groups in total. The lowest BCUT2D eigenvalue weighted by Crippen LogP contribution is -2.50. The van der Waals surface area contributed by atoms with E-state index < -0.39 is 0 Å². The Morgan fingerprint density at radius 3 is 2.63 bits per heavy atom. The fraction of sp³-hybridized carbons (Fsp3) is 0.364. The van der Waals surface area contributed by atoms with Crippen molar-refractivity contribution in [2.45, 2.75) is 18.6 Å². The molecular weight excluding hydrogens is 421 g/mol. The molecule has 0 bridgehead atoms. The lowest BCUT2D eigenvalue weighted by atomic mass is 10.1. The molecular formula is C22H25Cl2N5O. The number of piperazine rings is 1. The van der Waals surface area contributed by atoms with E-state index in [9.17, 15) is 0 Å². The van der Waals surface area contributed by atoms with E-state index in [1.165, 1.54) is 6.34 Å². The molecule has 2 aromatic carbocycles. The van der Waals surface area contributed by atoms with E-state index in [1.54, 1.807) is 5.01 Å². The summed E-state index contributed by atoms with van der Waals surface area (Å²) < 4.78 is 6.53. The van der Waals surface area contributed by atoms with Crippen molar-refractivity contribution < 1.29 is 4.74 Å². The molecule has 6 nitrogen and oxygen atoms in total. The average molecular weight is 446 g/mol. The number of nitrogens with one attached hydrogen (secondary N) is 1. The summed E-state index contributed by atoms with van der Waals surface area (Å²) in [5, 5.41) is 10.7. The molecule has 0 unspecified atom stereocenters. The van der Waals surface area contributed by atoms with Gasteiger partial charge in [-0.3, -0.25) is 14.9 Å². The van der Waals surface area contributed by atoms with Gasteiger partial charge in [-0.15, -0.1) is 0 Å². The van der Waals surface area contributed by atoms with Crippen molar-refractivity contribution in [3.8, 4) is 5.75 Å². The zero-order chi connectivity index (χ0) is 21.1. The van der Waals surface area contributed by atoms with Gasteiger partial charge in [0.25, 0.3) is 0 Å². The van der Waals surface area contributed by atoms with Gasteiger partial charge < -0.3 is 10.1 Å². The van der Waals surface area contributed by atoms with Gasteiger partial charge in [-0.2, -0.15) is 5.10 Å². The highest BCUT2D eigenvalue weighted by molar-refractivity contribution is 6.35. The average Bonchev–Trinajstić information content (AvgIpc) is 3.11. The molecule has 8 heteroatoms. The molecule has 158 valence electrons. The Hall–Kier alpha value is -2.12. The fourth-order valence-electron chi connectivity index (χ4n) is 4.16.